The topological polar surface area (TPSA) is 29.5 Å². The van der Waals surface area contributed by atoms with Crippen LogP contribution in [0.25, 0.3) is 0 Å². The molecule has 15 heavy (non-hydrogen) atoms. The van der Waals surface area contributed by atoms with Crippen molar-refractivity contribution in [3.63, 3.8) is 0 Å². The van der Waals surface area contributed by atoms with Gasteiger partial charge >= 0.3 is 0 Å². The summed E-state index contributed by atoms with van der Waals surface area (Å²) >= 11 is 1.76. The summed E-state index contributed by atoms with van der Waals surface area (Å²) in [4.78, 5) is 0. The summed E-state index contributed by atoms with van der Waals surface area (Å²) in [7, 11) is 0. The highest BCUT2D eigenvalue weighted by atomic mass is 32.2. The minimum Gasteiger partial charge on any atom is -0.396 e. The lowest BCUT2D eigenvalue weighted by Gasteiger charge is -2.15. The van der Waals surface area contributed by atoms with Crippen molar-refractivity contribution in [3.05, 3.63) is 0 Å². The van der Waals surface area contributed by atoms with E-state index in [9.17, 15) is 0 Å². The third-order valence-electron chi connectivity index (χ3n) is 2.40. The third kappa shape index (κ3) is 10.6. The van der Waals surface area contributed by atoms with Crippen LogP contribution >= 0.6 is 11.8 Å². The average Bonchev–Trinajstić information content (AvgIpc) is 2.26. The summed E-state index contributed by atoms with van der Waals surface area (Å²) in [6.07, 6.45) is 6.66. The fourth-order valence-corrected chi connectivity index (χ4v) is 2.01. The lowest BCUT2D eigenvalue weighted by atomic mass is 10.1. The van der Waals surface area contributed by atoms with Crippen LogP contribution in [-0.2, 0) is 4.74 Å². The Morgan fingerprint density at radius 2 is 2.00 bits per heavy atom. The van der Waals surface area contributed by atoms with E-state index in [1.165, 1.54) is 25.7 Å². The van der Waals surface area contributed by atoms with Crippen LogP contribution < -0.4 is 0 Å². The van der Waals surface area contributed by atoms with Crippen molar-refractivity contribution < 1.29 is 9.84 Å². The van der Waals surface area contributed by atoms with Crippen molar-refractivity contribution in [3.8, 4) is 0 Å². The standard InChI is InChI=1S/C12H26O2S/c1-3-5-6-7-12(4-2)14-9-11-15-10-8-13/h12-13H,3-11H2,1-2H3. The van der Waals surface area contributed by atoms with E-state index in [-0.39, 0.29) is 6.61 Å². The molecule has 0 fully saturated rings. The largest absolute Gasteiger partial charge is 0.396 e. The number of rotatable bonds is 11. The van der Waals surface area contributed by atoms with Gasteiger partial charge in [-0.2, -0.15) is 11.8 Å². The molecule has 0 bridgehead atoms. The van der Waals surface area contributed by atoms with Gasteiger partial charge in [0.1, 0.15) is 0 Å². The minimum absolute atomic E-state index is 0.276. The molecule has 0 aromatic heterocycles. The zero-order valence-electron chi connectivity index (χ0n) is 10.2. The molecule has 0 saturated heterocycles. The zero-order chi connectivity index (χ0) is 11.4. The SMILES string of the molecule is CCCCCC(CC)OCCSCCO. The molecule has 0 amide bonds. The molecule has 0 spiro atoms. The van der Waals surface area contributed by atoms with E-state index in [2.05, 4.69) is 13.8 Å². The van der Waals surface area contributed by atoms with Gasteiger partial charge in [0.05, 0.1) is 19.3 Å². The van der Waals surface area contributed by atoms with Crippen LogP contribution in [0.3, 0.4) is 0 Å². The maximum atomic E-state index is 8.60. The second kappa shape index (κ2) is 12.3. The van der Waals surface area contributed by atoms with E-state index in [0.29, 0.717) is 6.10 Å². The van der Waals surface area contributed by atoms with Crippen molar-refractivity contribution in [2.45, 2.75) is 52.1 Å². The molecule has 2 nitrogen and oxygen atoms in total. The maximum absolute atomic E-state index is 8.60. The predicted molar refractivity (Wildman–Crippen MR) is 68.6 cm³/mol. The van der Waals surface area contributed by atoms with Crippen molar-refractivity contribution >= 4 is 11.8 Å². The van der Waals surface area contributed by atoms with Crippen molar-refractivity contribution in [1.82, 2.24) is 0 Å². The molecule has 0 radical (unpaired) electrons. The molecule has 0 aromatic carbocycles. The first-order valence-electron chi connectivity index (χ1n) is 6.15. The number of ether oxygens (including phenoxy) is 1. The monoisotopic (exact) mass is 234 g/mol. The molecule has 0 saturated carbocycles. The Kier molecular flexibility index (Phi) is 12.6. The first-order valence-corrected chi connectivity index (χ1v) is 7.30. The van der Waals surface area contributed by atoms with Gasteiger partial charge in [-0.15, -0.1) is 0 Å². The van der Waals surface area contributed by atoms with Crippen molar-refractivity contribution in [2.75, 3.05) is 24.7 Å². The smallest absolute Gasteiger partial charge is 0.0572 e. The number of hydrogen-bond donors (Lipinski definition) is 1. The molecule has 0 heterocycles. The van der Waals surface area contributed by atoms with Gasteiger partial charge in [0.2, 0.25) is 0 Å². The first-order chi connectivity index (χ1) is 7.35. The maximum Gasteiger partial charge on any atom is 0.0572 e. The Balaban J connectivity index is 3.28. The van der Waals surface area contributed by atoms with Gasteiger partial charge in [0.15, 0.2) is 0 Å². The van der Waals surface area contributed by atoms with Crippen LogP contribution in [0.2, 0.25) is 0 Å². The highest BCUT2D eigenvalue weighted by Gasteiger charge is 2.05. The van der Waals surface area contributed by atoms with Crippen molar-refractivity contribution in [1.29, 1.82) is 0 Å². The van der Waals surface area contributed by atoms with Gasteiger partial charge in [-0.05, 0) is 12.8 Å². The van der Waals surface area contributed by atoms with Crippen molar-refractivity contribution in [2.24, 2.45) is 0 Å². The van der Waals surface area contributed by atoms with Gasteiger partial charge < -0.3 is 9.84 Å². The fraction of sp³-hybridized carbons (Fsp3) is 1.00. The molecular weight excluding hydrogens is 208 g/mol. The van der Waals surface area contributed by atoms with Crippen LogP contribution in [0.5, 0.6) is 0 Å². The number of unbranched alkanes of at least 4 members (excludes halogenated alkanes) is 2. The molecule has 92 valence electrons. The van der Waals surface area contributed by atoms with E-state index in [4.69, 9.17) is 9.84 Å². The predicted octanol–water partition coefficient (Wildman–Crippen LogP) is 3.09. The van der Waals surface area contributed by atoms with Gasteiger partial charge in [-0.25, -0.2) is 0 Å². The van der Waals surface area contributed by atoms with Gasteiger partial charge in [-0.3, -0.25) is 0 Å². The van der Waals surface area contributed by atoms with E-state index in [1.54, 1.807) is 11.8 Å². The summed E-state index contributed by atoms with van der Waals surface area (Å²) in [5.41, 5.74) is 0. The Bertz CT molecular complexity index is 120. The van der Waals surface area contributed by atoms with Crippen LogP contribution in [0.4, 0.5) is 0 Å². The second-order valence-corrected chi connectivity index (χ2v) is 4.96. The van der Waals surface area contributed by atoms with Gasteiger partial charge in [0, 0.05) is 11.5 Å². The first kappa shape index (κ1) is 15.3. The molecule has 0 aliphatic carbocycles. The summed E-state index contributed by atoms with van der Waals surface area (Å²) in [6, 6.07) is 0. The van der Waals surface area contributed by atoms with Crippen LogP contribution in [0.15, 0.2) is 0 Å². The van der Waals surface area contributed by atoms with E-state index < -0.39 is 0 Å². The van der Waals surface area contributed by atoms with Gasteiger partial charge in [-0.1, -0.05) is 33.1 Å². The molecule has 3 heteroatoms. The molecule has 0 aliphatic heterocycles. The summed E-state index contributed by atoms with van der Waals surface area (Å²) in [5.74, 6) is 1.83. The highest BCUT2D eigenvalue weighted by molar-refractivity contribution is 7.99. The molecule has 0 aliphatic rings. The van der Waals surface area contributed by atoms with E-state index >= 15 is 0 Å². The number of aliphatic hydroxyl groups excluding tert-OH is 1. The van der Waals surface area contributed by atoms with Crippen LogP contribution in [-0.4, -0.2) is 35.9 Å². The quantitative estimate of drug-likeness (QED) is 0.557. The number of hydrogen-bond acceptors (Lipinski definition) is 3. The molecule has 1 N–H and O–H groups in total. The minimum atomic E-state index is 0.276. The highest BCUT2D eigenvalue weighted by Crippen LogP contribution is 2.10. The van der Waals surface area contributed by atoms with Gasteiger partial charge in [0.25, 0.3) is 0 Å². The zero-order valence-corrected chi connectivity index (χ0v) is 11.0. The fourth-order valence-electron chi connectivity index (χ4n) is 1.47. The Hall–Kier alpha value is 0.270. The lowest BCUT2D eigenvalue weighted by Crippen LogP contribution is -2.13. The summed E-state index contributed by atoms with van der Waals surface area (Å²) in [6.45, 7) is 5.53. The number of thioether (sulfide) groups is 1. The molecule has 1 unspecified atom stereocenters. The lowest BCUT2D eigenvalue weighted by molar-refractivity contribution is 0.0542. The Morgan fingerprint density at radius 3 is 2.60 bits per heavy atom. The van der Waals surface area contributed by atoms with Crippen LogP contribution in [0.1, 0.15) is 46.0 Å². The molecule has 0 rings (SSSR count). The van der Waals surface area contributed by atoms with Crippen LogP contribution in [0, 0.1) is 0 Å². The van der Waals surface area contributed by atoms with E-state index in [1.807, 2.05) is 0 Å². The molecule has 0 aromatic rings. The Morgan fingerprint density at radius 1 is 1.20 bits per heavy atom. The summed E-state index contributed by atoms with van der Waals surface area (Å²) < 4.78 is 5.78. The number of aliphatic hydroxyl groups is 1. The second-order valence-electron chi connectivity index (χ2n) is 3.73. The average molecular weight is 234 g/mol. The summed E-state index contributed by atoms with van der Waals surface area (Å²) in [5, 5.41) is 8.60. The van der Waals surface area contributed by atoms with E-state index in [0.717, 1.165) is 24.5 Å². The normalized spacial score (nSPS) is 13.0. The molecular formula is C12H26O2S. The molecule has 1 atom stereocenters. The Labute approximate surface area is 98.8 Å². The third-order valence-corrected chi connectivity index (χ3v) is 3.33.